The Kier molecular flexibility index (Phi) is 5.44. The Morgan fingerprint density at radius 1 is 1.32 bits per heavy atom. The topological polar surface area (TPSA) is 29.9 Å². The van der Waals surface area contributed by atoms with Crippen LogP contribution in [0.4, 0.5) is 0 Å². The van der Waals surface area contributed by atoms with Crippen molar-refractivity contribution in [2.45, 2.75) is 78.4 Å². The lowest BCUT2D eigenvalue weighted by atomic mass is 9.93. The van der Waals surface area contributed by atoms with Crippen molar-refractivity contribution in [3.05, 3.63) is 17.5 Å². The molecule has 0 amide bonds. The monoisotopic (exact) mass is 263 g/mol. The van der Waals surface area contributed by atoms with Gasteiger partial charge in [-0.15, -0.1) is 0 Å². The molecule has 19 heavy (non-hydrogen) atoms. The minimum Gasteiger partial charge on any atom is -0.308 e. The third-order valence-corrected chi connectivity index (χ3v) is 4.50. The van der Waals surface area contributed by atoms with Crippen molar-refractivity contribution in [3.63, 3.8) is 0 Å². The van der Waals surface area contributed by atoms with Crippen molar-refractivity contribution in [3.8, 4) is 0 Å². The van der Waals surface area contributed by atoms with Gasteiger partial charge in [0.15, 0.2) is 0 Å². The zero-order chi connectivity index (χ0) is 13.7. The molecule has 108 valence electrons. The molecule has 2 rings (SSSR count). The summed E-state index contributed by atoms with van der Waals surface area (Å²) >= 11 is 0. The summed E-state index contributed by atoms with van der Waals surface area (Å²) in [5.41, 5.74) is 2.45. The summed E-state index contributed by atoms with van der Waals surface area (Å²) in [6, 6.07) is 2.83. The Bertz CT molecular complexity index is 375. The molecule has 1 aromatic rings. The standard InChI is InChI=1S/C16H29N3/c1-4-19-16(11-13(2)18-19)12-17-14(3)15-9-7-5-6-8-10-15/h11,14-15,17H,4-10,12H2,1-3H3/t14-/m1/s1. The number of aryl methyl sites for hydroxylation is 2. The Hall–Kier alpha value is -0.830. The van der Waals surface area contributed by atoms with Gasteiger partial charge in [0.2, 0.25) is 0 Å². The van der Waals surface area contributed by atoms with E-state index in [-0.39, 0.29) is 0 Å². The second kappa shape index (κ2) is 7.09. The number of aromatic nitrogens is 2. The zero-order valence-corrected chi connectivity index (χ0v) is 12.8. The lowest BCUT2D eigenvalue weighted by Gasteiger charge is -2.23. The van der Waals surface area contributed by atoms with Crippen molar-refractivity contribution in [2.75, 3.05) is 0 Å². The Balaban J connectivity index is 1.86. The first kappa shape index (κ1) is 14.6. The third-order valence-electron chi connectivity index (χ3n) is 4.50. The first-order valence-electron chi connectivity index (χ1n) is 7.97. The van der Waals surface area contributed by atoms with Crippen LogP contribution in [0.15, 0.2) is 6.07 Å². The maximum absolute atomic E-state index is 4.51. The molecule has 1 saturated carbocycles. The average molecular weight is 263 g/mol. The molecule has 1 aromatic heterocycles. The lowest BCUT2D eigenvalue weighted by molar-refractivity contribution is 0.333. The van der Waals surface area contributed by atoms with Gasteiger partial charge in [-0.05, 0) is 45.6 Å². The van der Waals surface area contributed by atoms with Crippen LogP contribution >= 0.6 is 0 Å². The Labute approximate surface area is 117 Å². The van der Waals surface area contributed by atoms with Gasteiger partial charge < -0.3 is 5.32 Å². The predicted molar refractivity (Wildman–Crippen MR) is 80.1 cm³/mol. The first-order chi connectivity index (χ1) is 9.20. The number of hydrogen-bond acceptors (Lipinski definition) is 2. The maximum atomic E-state index is 4.51. The molecule has 0 aliphatic heterocycles. The number of hydrogen-bond donors (Lipinski definition) is 1. The van der Waals surface area contributed by atoms with Crippen LogP contribution in [0.2, 0.25) is 0 Å². The van der Waals surface area contributed by atoms with Crippen molar-refractivity contribution in [2.24, 2.45) is 5.92 Å². The highest BCUT2D eigenvalue weighted by Crippen LogP contribution is 2.25. The number of rotatable bonds is 5. The lowest BCUT2D eigenvalue weighted by Crippen LogP contribution is -2.33. The molecule has 1 aliphatic rings. The Morgan fingerprint density at radius 3 is 2.63 bits per heavy atom. The van der Waals surface area contributed by atoms with Gasteiger partial charge in [0.1, 0.15) is 0 Å². The molecule has 0 saturated heterocycles. The van der Waals surface area contributed by atoms with E-state index in [9.17, 15) is 0 Å². The minimum atomic E-state index is 0.624. The van der Waals surface area contributed by atoms with Crippen LogP contribution in [0.1, 0.15) is 63.8 Å². The molecule has 1 heterocycles. The van der Waals surface area contributed by atoms with Crippen LogP contribution < -0.4 is 5.32 Å². The van der Waals surface area contributed by atoms with E-state index < -0.39 is 0 Å². The second-order valence-corrected chi connectivity index (χ2v) is 6.01. The SMILES string of the molecule is CCn1nc(C)cc1CN[C@H](C)C1CCCCCC1. The van der Waals surface area contributed by atoms with Crippen molar-refractivity contribution in [1.82, 2.24) is 15.1 Å². The van der Waals surface area contributed by atoms with Crippen LogP contribution in [0.5, 0.6) is 0 Å². The molecule has 1 fully saturated rings. The van der Waals surface area contributed by atoms with Crippen LogP contribution in [0, 0.1) is 12.8 Å². The van der Waals surface area contributed by atoms with Crippen molar-refractivity contribution < 1.29 is 0 Å². The van der Waals surface area contributed by atoms with Gasteiger partial charge >= 0.3 is 0 Å². The van der Waals surface area contributed by atoms with Crippen LogP contribution in [-0.2, 0) is 13.1 Å². The maximum Gasteiger partial charge on any atom is 0.0597 e. The minimum absolute atomic E-state index is 0.624. The molecule has 3 nitrogen and oxygen atoms in total. The average Bonchev–Trinajstić information content (AvgIpc) is 2.62. The predicted octanol–water partition coefficient (Wildman–Crippen LogP) is 3.66. The van der Waals surface area contributed by atoms with Crippen LogP contribution in [0.25, 0.3) is 0 Å². The summed E-state index contributed by atoms with van der Waals surface area (Å²) in [6.07, 6.45) is 8.52. The second-order valence-electron chi connectivity index (χ2n) is 6.01. The van der Waals surface area contributed by atoms with E-state index in [0.717, 1.165) is 24.7 Å². The normalized spacial score (nSPS) is 19.3. The molecule has 0 unspecified atom stereocenters. The largest absolute Gasteiger partial charge is 0.308 e. The van der Waals surface area contributed by atoms with Gasteiger partial charge in [0.05, 0.1) is 11.4 Å². The molecule has 0 radical (unpaired) electrons. The fraction of sp³-hybridized carbons (Fsp3) is 0.812. The third kappa shape index (κ3) is 4.07. The summed E-state index contributed by atoms with van der Waals surface area (Å²) in [6.45, 7) is 8.50. The van der Waals surface area contributed by atoms with Crippen LogP contribution in [0.3, 0.4) is 0 Å². The van der Waals surface area contributed by atoms with Gasteiger partial charge in [0, 0.05) is 19.1 Å². The summed E-state index contributed by atoms with van der Waals surface area (Å²) in [5.74, 6) is 0.863. The molecular formula is C16H29N3. The molecule has 0 aromatic carbocycles. The van der Waals surface area contributed by atoms with E-state index in [1.165, 1.54) is 44.2 Å². The van der Waals surface area contributed by atoms with E-state index in [2.05, 4.69) is 41.9 Å². The fourth-order valence-electron chi connectivity index (χ4n) is 3.26. The van der Waals surface area contributed by atoms with Gasteiger partial charge in [0.25, 0.3) is 0 Å². The van der Waals surface area contributed by atoms with E-state index >= 15 is 0 Å². The Morgan fingerprint density at radius 2 is 2.00 bits per heavy atom. The highest BCUT2D eigenvalue weighted by Gasteiger charge is 2.18. The molecule has 0 bridgehead atoms. The van der Waals surface area contributed by atoms with Gasteiger partial charge in [-0.25, -0.2) is 0 Å². The van der Waals surface area contributed by atoms with Gasteiger partial charge in [-0.3, -0.25) is 4.68 Å². The van der Waals surface area contributed by atoms with Crippen LogP contribution in [-0.4, -0.2) is 15.8 Å². The molecule has 1 atom stereocenters. The quantitative estimate of drug-likeness (QED) is 0.822. The highest BCUT2D eigenvalue weighted by molar-refractivity contribution is 5.08. The van der Waals surface area contributed by atoms with Gasteiger partial charge in [-0.1, -0.05) is 25.7 Å². The molecular weight excluding hydrogens is 234 g/mol. The van der Waals surface area contributed by atoms with E-state index in [1.807, 2.05) is 0 Å². The van der Waals surface area contributed by atoms with Crippen molar-refractivity contribution in [1.29, 1.82) is 0 Å². The van der Waals surface area contributed by atoms with E-state index in [1.54, 1.807) is 0 Å². The first-order valence-corrected chi connectivity index (χ1v) is 7.97. The number of nitrogens with zero attached hydrogens (tertiary/aromatic N) is 2. The summed E-state index contributed by atoms with van der Waals surface area (Å²) < 4.78 is 2.11. The highest BCUT2D eigenvalue weighted by atomic mass is 15.3. The summed E-state index contributed by atoms with van der Waals surface area (Å²) in [5, 5.41) is 8.23. The molecule has 1 aliphatic carbocycles. The smallest absolute Gasteiger partial charge is 0.0597 e. The number of nitrogens with one attached hydrogen (secondary N) is 1. The molecule has 1 N–H and O–H groups in total. The summed E-state index contributed by atoms with van der Waals surface area (Å²) in [4.78, 5) is 0. The summed E-state index contributed by atoms with van der Waals surface area (Å²) in [7, 11) is 0. The van der Waals surface area contributed by atoms with E-state index in [0.29, 0.717) is 6.04 Å². The van der Waals surface area contributed by atoms with E-state index in [4.69, 9.17) is 0 Å². The van der Waals surface area contributed by atoms with Crippen molar-refractivity contribution >= 4 is 0 Å². The fourth-order valence-corrected chi connectivity index (χ4v) is 3.26. The zero-order valence-electron chi connectivity index (χ0n) is 12.8. The van der Waals surface area contributed by atoms with Gasteiger partial charge in [-0.2, -0.15) is 5.10 Å². The molecule has 0 spiro atoms. The molecule has 3 heteroatoms.